The van der Waals surface area contributed by atoms with Gasteiger partial charge in [-0.2, -0.15) is 0 Å². The van der Waals surface area contributed by atoms with Crippen molar-refractivity contribution >= 4 is 33.8 Å². The van der Waals surface area contributed by atoms with Crippen molar-refractivity contribution in [2.24, 2.45) is 11.8 Å². The Labute approximate surface area is 191 Å². The molecule has 174 valence electrons. The number of carboxylic acid groups (broad SMARTS) is 1. The minimum absolute atomic E-state index is 0.0316. The molecule has 7 nitrogen and oxygen atoms in total. The smallest absolute Gasteiger partial charge is 0.340 e. The van der Waals surface area contributed by atoms with Crippen LogP contribution in [0.5, 0.6) is 0 Å². The lowest BCUT2D eigenvalue weighted by atomic mass is 9.82. The van der Waals surface area contributed by atoms with E-state index in [2.05, 4.69) is 5.32 Å². The lowest BCUT2D eigenvalue weighted by molar-refractivity contribution is -0.143. The molecule has 0 atom stereocenters. The van der Waals surface area contributed by atoms with Crippen LogP contribution in [0.1, 0.15) is 61.0 Å². The van der Waals surface area contributed by atoms with Crippen LogP contribution < -0.4 is 10.9 Å². The van der Waals surface area contributed by atoms with E-state index in [1.807, 2.05) is 13.0 Å². The van der Waals surface area contributed by atoms with E-state index in [9.17, 15) is 14.4 Å². The highest BCUT2D eigenvalue weighted by Gasteiger charge is 2.26. The van der Waals surface area contributed by atoms with Gasteiger partial charge in [-0.15, -0.1) is 0 Å². The van der Waals surface area contributed by atoms with Crippen molar-refractivity contribution in [2.45, 2.75) is 64.7 Å². The molecule has 2 N–H and O–H groups in total. The van der Waals surface area contributed by atoms with Gasteiger partial charge in [0.1, 0.15) is 16.9 Å². The summed E-state index contributed by atoms with van der Waals surface area (Å²) in [6.07, 6.45) is 7.05. The second kappa shape index (κ2) is 8.69. The first-order chi connectivity index (χ1) is 15.9. The van der Waals surface area contributed by atoms with Crippen molar-refractivity contribution in [3.8, 4) is 0 Å². The highest BCUT2D eigenvalue weighted by Crippen LogP contribution is 2.35. The molecule has 1 fully saturated rings. The first-order valence-corrected chi connectivity index (χ1v) is 11.9. The molecule has 0 spiro atoms. The lowest BCUT2D eigenvalue weighted by Gasteiger charge is -2.26. The highest BCUT2D eigenvalue weighted by molar-refractivity contribution is 5.97. The van der Waals surface area contributed by atoms with E-state index < -0.39 is 11.6 Å². The Hall–Kier alpha value is -3.09. The average molecular weight is 452 g/mol. The maximum absolute atomic E-state index is 12.7. The number of carbonyl (C=O) groups excluding carboxylic acids is 1. The summed E-state index contributed by atoms with van der Waals surface area (Å²) >= 11 is 0. The van der Waals surface area contributed by atoms with Gasteiger partial charge in [-0.05, 0) is 69.4 Å². The Kier molecular flexibility index (Phi) is 5.72. The fraction of sp³-hybridized carbons (Fsp3) is 0.500. The molecular formula is C26H29NO6. The molecule has 2 aliphatic rings. The topological polar surface area (TPSA) is 110 Å². The lowest BCUT2D eigenvalue weighted by Crippen LogP contribution is -2.34. The summed E-state index contributed by atoms with van der Waals surface area (Å²) in [7, 11) is 0. The zero-order valence-corrected chi connectivity index (χ0v) is 18.9. The zero-order chi connectivity index (χ0) is 23.1. The van der Waals surface area contributed by atoms with E-state index in [0.717, 1.165) is 66.2 Å². The highest BCUT2D eigenvalue weighted by atomic mass is 16.4. The quantitative estimate of drug-likeness (QED) is 0.561. The van der Waals surface area contributed by atoms with Gasteiger partial charge in [-0.1, -0.05) is 0 Å². The molecule has 2 heterocycles. The van der Waals surface area contributed by atoms with Crippen LogP contribution in [0.2, 0.25) is 0 Å². The molecule has 1 saturated carbocycles. The van der Waals surface area contributed by atoms with E-state index in [1.165, 1.54) is 5.56 Å². The van der Waals surface area contributed by atoms with Crippen molar-refractivity contribution in [3.63, 3.8) is 0 Å². The number of carbonyl (C=O) groups is 2. The first-order valence-electron chi connectivity index (χ1n) is 11.9. The van der Waals surface area contributed by atoms with E-state index in [0.29, 0.717) is 30.5 Å². The third-order valence-electron chi connectivity index (χ3n) is 7.48. The molecule has 2 aromatic heterocycles. The molecule has 0 unspecified atom stereocenters. The molecule has 2 aliphatic carbocycles. The fourth-order valence-corrected chi connectivity index (χ4v) is 5.44. The van der Waals surface area contributed by atoms with Crippen LogP contribution in [0, 0.1) is 18.8 Å². The van der Waals surface area contributed by atoms with Crippen molar-refractivity contribution < 1.29 is 23.5 Å². The molecule has 5 rings (SSSR count). The normalized spacial score (nSPS) is 20.6. The van der Waals surface area contributed by atoms with Crippen molar-refractivity contribution in [2.75, 3.05) is 6.54 Å². The molecule has 1 amide bonds. The molecule has 7 heteroatoms. The summed E-state index contributed by atoms with van der Waals surface area (Å²) in [5, 5.41) is 14.0. The SMILES string of the molecule is Cc1c(CC(=O)NCC2CCC(C(=O)O)CC2)c(=O)oc2cc3oc4c(c3cc12)CCCC4. The summed E-state index contributed by atoms with van der Waals surface area (Å²) in [4.78, 5) is 36.4. The summed E-state index contributed by atoms with van der Waals surface area (Å²) in [5.41, 5.74) is 3.14. The van der Waals surface area contributed by atoms with Crippen LogP contribution >= 0.6 is 0 Å². The van der Waals surface area contributed by atoms with Gasteiger partial charge in [0.25, 0.3) is 0 Å². The van der Waals surface area contributed by atoms with Gasteiger partial charge < -0.3 is 19.3 Å². The van der Waals surface area contributed by atoms with E-state index in [-0.39, 0.29) is 24.2 Å². The standard InChI is InChI=1S/C26H29NO6/c1-14-18-10-20-17-4-2-3-5-21(17)32-23(20)12-22(18)33-26(31)19(14)11-24(28)27-13-15-6-8-16(9-7-15)25(29)30/h10,12,15-16H,2-9,11,13H2,1H3,(H,27,28)(H,29,30). The van der Waals surface area contributed by atoms with Crippen LogP contribution in [-0.4, -0.2) is 23.5 Å². The predicted octanol–water partition coefficient (Wildman–Crippen LogP) is 4.28. The van der Waals surface area contributed by atoms with Crippen LogP contribution in [0.25, 0.3) is 21.9 Å². The van der Waals surface area contributed by atoms with Crippen molar-refractivity contribution in [3.05, 3.63) is 45.0 Å². The number of aryl methyl sites for hydroxylation is 3. The second-order valence-corrected chi connectivity index (χ2v) is 9.59. The van der Waals surface area contributed by atoms with Gasteiger partial charge in [0.2, 0.25) is 5.91 Å². The number of nitrogens with one attached hydrogen (secondary N) is 1. The minimum Gasteiger partial charge on any atom is -0.481 e. The number of rotatable bonds is 5. The number of furan rings is 1. The molecule has 0 bridgehead atoms. The number of amides is 1. The van der Waals surface area contributed by atoms with Crippen molar-refractivity contribution in [1.82, 2.24) is 5.32 Å². The van der Waals surface area contributed by atoms with Crippen molar-refractivity contribution in [1.29, 1.82) is 0 Å². The summed E-state index contributed by atoms with van der Waals surface area (Å²) in [6, 6.07) is 3.84. The number of carboxylic acids is 1. The molecule has 3 aromatic rings. The van der Waals surface area contributed by atoms with Gasteiger partial charge in [-0.25, -0.2) is 4.79 Å². The Bertz CT molecular complexity index is 1290. The number of hydrogen-bond acceptors (Lipinski definition) is 5. The molecule has 0 saturated heterocycles. The third kappa shape index (κ3) is 4.16. The summed E-state index contributed by atoms with van der Waals surface area (Å²) in [5.74, 6) is 0.0907. The number of aliphatic carboxylic acids is 1. The molecular weight excluding hydrogens is 422 g/mol. The molecule has 0 radical (unpaired) electrons. The first kappa shape index (κ1) is 21.7. The number of hydrogen-bond donors (Lipinski definition) is 2. The van der Waals surface area contributed by atoms with Gasteiger partial charge in [-0.3, -0.25) is 9.59 Å². The van der Waals surface area contributed by atoms with E-state index in [4.69, 9.17) is 13.9 Å². The maximum atomic E-state index is 12.7. The second-order valence-electron chi connectivity index (χ2n) is 9.59. The van der Waals surface area contributed by atoms with Crippen LogP contribution in [-0.2, 0) is 28.9 Å². The Morgan fingerprint density at radius 2 is 1.76 bits per heavy atom. The summed E-state index contributed by atoms with van der Waals surface area (Å²) in [6.45, 7) is 2.37. The van der Waals surface area contributed by atoms with Crippen LogP contribution in [0.15, 0.2) is 25.8 Å². The summed E-state index contributed by atoms with van der Waals surface area (Å²) < 4.78 is 11.6. The fourth-order valence-electron chi connectivity index (χ4n) is 5.44. The Morgan fingerprint density at radius 3 is 2.52 bits per heavy atom. The third-order valence-corrected chi connectivity index (χ3v) is 7.48. The number of fused-ring (bicyclic) bond motifs is 4. The van der Waals surface area contributed by atoms with E-state index in [1.54, 1.807) is 6.07 Å². The Balaban J connectivity index is 1.33. The largest absolute Gasteiger partial charge is 0.481 e. The van der Waals surface area contributed by atoms with Gasteiger partial charge >= 0.3 is 11.6 Å². The van der Waals surface area contributed by atoms with Gasteiger partial charge in [0.15, 0.2) is 0 Å². The van der Waals surface area contributed by atoms with Gasteiger partial charge in [0, 0.05) is 35.4 Å². The minimum atomic E-state index is -0.732. The predicted molar refractivity (Wildman–Crippen MR) is 123 cm³/mol. The Morgan fingerprint density at radius 1 is 1.03 bits per heavy atom. The van der Waals surface area contributed by atoms with E-state index >= 15 is 0 Å². The number of benzene rings is 1. The average Bonchev–Trinajstić information content (AvgIpc) is 3.17. The van der Waals surface area contributed by atoms with Crippen LogP contribution in [0.3, 0.4) is 0 Å². The monoisotopic (exact) mass is 451 g/mol. The van der Waals surface area contributed by atoms with Crippen LogP contribution in [0.4, 0.5) is 0 Å². The zero-order valence-electron chi connectivity index (χ0n) is 18.9. The van der Waals surface area contributed by atoms with Gasteiger partial charge in [0.05, 0.1) is 17.9 Å². The molecule has 1 aromatic carbocycles. The maximum Gasteiger partial charge on any atom is 0.340 e. The molecule has 0 aliphatic heterocycles. The molecule has 33 heavy (non-hydrogen) atoms.